The van der Waals surface area contributed by atoms with Crippen LogP contribution < -0.4 is 5.32 Å². The Morgan fingerprint density at radius 1 is 1.43 bits per heavy atom. The second-order valence-corrected chi connectivity index (χ2v) is 7.47. The molecule has 0 aromatic carbocycles. The van der Waals surface area contributed by atoms with Crippen molar-refractivity contribution in [1.29, 1.82) is 5.26 Å². The van der Waals surface area contributed by atoms with E-state index in [-0.39, 0.29) is 11.7 Å². The fraction of sp³-hybridized carbons (Fsp3) is 0.467. The predicted molar refractivity (Wildman–Crippen MR) is 90.8 cm³/mol. The maximum absolute atomic E-state index is 12.1. The number of carbonyl (C=O) groups excluding carboxylic acids is 1. The van der Waals surface area contributed by atoms with Crippen LogP contribution in [0.3, 0.4) is 0 Å². The summed E-state index contributed by atoms with van der Waals surface area (Å²) in [5.41, 5.74) is 1.79. The van der Waals surface area contributed by atoms with Crippen molar-refractivity contribution in [3.63, 3.8) is 0 Å². The number of thioether (sulfide) groups is 1. The molecule has 2 aromatic heterocycles. The Labute approximate surface area is 142 Å². The van der Waals surface area contributed by atoms with Gasteiger partial charge in [-0.3, -0.25) is 9.89 Å². The van der Waals surface area contributed by atoms with Gasteiger partial charge in [0, 0.05) is 4.88 Å². The van der Waals surface area contributed by atoms with Crippen LogP contribution >= 0.6 is 23.1 Å². The van der Waals surface area contributed by atoms with E-state index < -0.39 is 0 Å². The molecule has 23 heavy (non-hydrogen) atoms. The number of H-pyrrole nitrogens is 1. The van der Waals surface area contributed by atoms with Crippen molar-refractivity contribution in [3.8, 4) is 6.07 Å². The first-order chi connectivity index (χ1) is 11.2. The topological polar surface area (TPSA) is 94.5 Å². The lowest BCUT2D eigenvalue weighted by Crippen LogP contribution is -2.14. The van der Waals surface area contributed by atoms with Crippen LogP contribution in [-0.4, -0.2) is 26.8 Å². The highest BCUT2D eigenvalue weighted by Crippen LogP contribution is 2.37. The molecule has 0 radical (unpaired) electrons. The van der Waals surface area contributed by atoms with E-state index in [2.05, 4.69) is 26.6 Å². The third kappa shape index (κ3) is 3.74. The Kier molecular flexibility index (Phi) is 4.98. The highest BCUT2D eigenvalue weighted by atomic mass is 32.2. The standard InChI is InChI=1S/C15H17N5OS2/c1-9-17-15(20-19-9)22-8-13(21)18-14-11(7-16)10-5-3-2-4-6-12(10)23-14/h2-6,8H2,1H3,(H,18,21)(H,17,19,20). The SMILES string of the molecule is Cc1nc(SCC(=O)Nc2sc3c(c2C#N)CCCCC3)n[nH]1. The third-order valence-electron chi connectivity index (χ3n) is 3.70. The van der Waals surface area contributed by atoms with Crippen molar-refractivity contribution in [1.82, 2.24) is 15.2 Å². The Hall–Kier alpha value is -1.85. The van der Waals surface area contributed by atoms with E-state index in [9.17, 15) is 10.1 Å². The summed E-state index contributed by atoms with van der Waals surface area (Å²) in [6, 6.07) is 2.27. The molecule has 0 unspecified atom stereocenters. The van der Waals surface area contributed by atoms with Crippen LogP contribution in [0.4, 0.5) is 5.00 Å². The van der Waals surface area contributed by atoms with Crippen molar-refractivity contribution in [2.45, 2.75) is 44.2 Å². The number of amides is 1. The van der Waals surface area contributed by atoms with Crippen molar-refractivity contribution in [2.75, 3.05) is 11.1 Å². The molecule has 8 heteroatoms. The van der Waals surface area contributed by atoms with Crippen molar-refractivity contribution in [3.05, 3.63) is 21.8 Å². The number of nitrogens with one attached hydrogen (secondary N) is 2. The lowest BCUT2D eigenvalue weighted by atomic mass is 10.1. The third-order valence-corrected chi connectivity index (χ3v) is 5.75. The first-order valence-electron chi connectivity index (χ1n) is 7.53. The zero-order valence-electron chi connectivity index (χ0n) is 12.8. The summed E-state index contributed by atoms with van der Waals surface area (Å²) in [6.07, 6.45) is 5.43. The molecular weight excluding hydrogens is 330 g/mol. The molecule has 1 aliphatic rings. The quantitative estimate of drug-likeness (QED) is 0.655. The molecule has 6 nitrogen and oxygen atoms in total. The van der Waals surface area contributed by atoms with E-state index >= 15 is 0 Å². The second-order valence-electron chi connectivity index (χ2n) is 5.42. The van der Waals surface area contributed by atoms with Crippen LogP contribution in [0.15, 0.2) is 5.16 Å². The first kappa shape index (κ1) is 16.0. The summed E-state index contributed by atoms with van der Waals surface area (Å²) >= 11 is 2.83. The van der Waals surface area contributed by atoms with Gasteiger partial charge >= 0.3 is 0 Å². The minimum absolute atomic E-state index is 0.134. The van der Waals surface area contributed by atoms with Gasteiger partial charge in [-0.05, 0) is 38.2 Å². The van der Waals surface area contributed by atoms with E-state index in [1.807, 2.05) is 6.92 Å². The van der Waals surface area contributed by atoms with E-state index in [0.717, 1.165) is 37.1 Å². The number of aromatic amines is 1. The maximum Gasteiger partial charge on any atom is 0.235 e. The molecule has 0 saturated heterocycles. The van der Waals surface area contributed by atoms with Crippen LogP contribution in [0.2, 0.25) is 0 Å². The highest BCUT2D eigenvalue weighted by Gasteiger charge is 2.21. The average Bonchev–Trinajstić information content (AvgIpc) is 3.01. The molecular formula is C15H17N5OS2. The zero-order valence-corrected chi connectivity index (χ0v) is 14.4. The molecule has 2 aromatic rings. The maximum atomic E-state index is 12.1. The summed E-state index contributed by atoms with van der Waals surface area (Å²) in [7, 11) is 0. The van der Waals surface area contributed by atoms with Gasteiger partial charge in [0.1, 0.15) is 16.9 Å². The van der Waals surface area contributed by atoms with Crippen LogP contribution in [0.25, 0.3) is 0 Å². The Balaban J connectivity index is 1.67. The van der Waals surface area contributed by atoms with Gasteiger partial charge in [-0.25, -0.2) is 4.98 Å². The molecule has 0 aliphatic heterocycles. The Morgan fingerprint density at radius 3 is 3.00 bits per heavy atom. The molecule has 0 spiro atoms. The Bertz CT molecular complexity index is 758. The average molecular weight is 347 g/mol. The number of hydrogen-bond donors (Lipinski definition) is 2. The largest absolute Gasteiger partial charge is 0.316 e. The molecule has 0 fully saturated rings. The summed E-state index contributed by atoms with van der Waals surface area (Å²) < 4.78 is 0. The van der Waals surface area contributed by atoms with Gasteiger partial charge in [-0.1, -0.05) is 18.2 Å². The van der Waals surface area contributed by atoms with E-state index in [4.69, 9.17) is 0 Å². The van der Waals surface area contributed by atoms with Gasteiger partial charge in [0.05, 0.1) is 11.3 Å². The van der Waals surface area contributed by atoms with Crippen LogP contribution in [0.1, 0.15) is 41.1 Å². The summed E-state index contributed by atoms with van der Waals surface area (Å²) in [5.74, 6) is 0.817. The summed E-state index contributed by atoms with van der Waals surface area (Å²) in [6.45, 7) is 1.81. The van der Waals surface area contributed by atoms with Gasteiger partial charge < -0.3 is 5.32 Å². The number of nitriles is 1. The van der Waals surface area contributed by atoms with Crippen LogP contribution in [-0.2, 0) is 17.6 Å². The molecule has 3 rings (SSSR count). The monoisotopic (exact) mass is 347 g/mol. The first-order valence-corrected chi connectivity index (χ1v) is 9.34. The molecule has 120 valence electrons. The van der Waals surface area contributed by atoms with Crippen molar-refractivity contribution < 1.29 is 4.79 Å². The lowest BCUT2D eigenvalue weighted by Gasteiger charge is -2.02. The smallest absolute Gasteiger partial charge is 0.235 e. The van der Waals surface area contributed by atoms with Gasteiger partial charge in [0.15, 0.2) is 0 Å². The number of rotatable bonds is 4. The number of nitrogens with zero attached hydrogens (tertiary/aromatic N) is 3. The van der Waals surface area contributed by atoms with Crippen LogP contribution in [0, 0.1) is 18.3 Å². The van der Waals surface area contributed by atoms with E-state index in [0.29, 0.717) is 15.7 Å². The van der Waals surface area contributed by atoms with Crippen LogP contribution in [0.5, 0.6) is 0 Å². The number of aromatic nitrogens is 3. The highest BCUT2D eigenvalue weighted by molar-refractivity contribution is 7.99. The van der Waals surface area contributed by atoms with Gasteiger partial charge in [-0.2, -0.15) is 5.26 Å². The summed E-state index contributed by atoms with van der Waals surface area (Å²) in [5, 5.41) is 20.3. The van der Waals surface area contributed by atoms with E-state index in [1.165, 1.54) is 23.1 Å². The zero-order chi connectivity index (χ0) is 16.2. The molecule has 1 amide bonds. The second kappa shape index (κ2) is 7.15. The number of fused-ring (bicyclic) bond motifs is 1. The normalized spacial score (nSPS) is 13.9. The molecule has 1 aliphatic carbocycles. The number of anilines is 1. The molecule has 0 saturated carbocycles. The fourth-order valence-corrected chi connectivity index (χ4v) is 4.53. The van der Waals surface area contributed by atoms with Crippen molar-refractivity contribution in [2.24, 2.45) is 0 Å². The predicted octanol–water partition coefficient (Wildman–Crippen LogP) is 3.05. The Morgan fingerprint density at radius 2 is 2.26 bits per heavy atom. The van der Waals surface area contributed by atoms with Crippen molar-refractivity contribution >= 4 is 34.0 Å². The molecule has 2 N–H and O–H groups in total. The number of carbonyl (C=O) groups is 1. The van der Waals surface area contributed by atoms with Gasteiger partial charge in [0.2, 0.25) is 11.1 Å². The minimum Gasteiger partial charge on any atom is -0.316 e. The van der Waals surface area contributed by atoms with E-state index in [1.54, 1.807) is 11.3 Å². The molecule has 0 bridgehead atoms. The van der Waals surface area contributed by atoms with Gasteiger partial charge in [0.25, 0.3) is 0 Å². The fourth-order valence-electron chi connectivity index (χ4n) is 2.63. The number of aryl methyl sites for hydroxylation is 2. The lowest BCUT2D eigenvalue weighted by molar-refractivity contribution is -0.113. The molecule has 0 atom stereocenters. The molecule has 2 heterocycles. The summed E-state index contributed by atoms with van der Waals surface area (Å²) in [4.78, 5) is 17.6. The number of thiophene rings is 1. The minimum atomic E-state index is -0.134. The van der Waals surface area contributed by atoms with Gasteiger partial charge in [-0.15, -0.1) is 16.4 Å². The number of hydrogen-bond acceptors (Lipinski definition) is 6.